The van der Waals surface area contributed by atoms with E-state index in [1.807, 2.05) is 26.2 Å². The highest BCUT2D eigenvalue weighted by atomic mass is 16.1. The molecule has 0 spiro atoms. The molecule has 0 bridgehead atoms. The average Bonchev–Trinajstić information content (AvgIpc) is 3.22. The zero-order valence-corrected chi connectivity index (χ0v) is 17.9. The average molecular weight is 396 g/mol. The van der Waals surface area contributed by atoms with Crippen LogP contribution >= 0.6 is 0 Å². The Morgan fingerprint density at radius 2 is 1.86 bits per heavy atom. The van der Waals surface area contributed by atoms with Crippen LogP contribution in [0.4, 0.5) is 5.82 Å². The summed E-state index contributed by atoms with van der Waals surface area (Å²) in [5.41, 5.74) is 3.91. The lowest BCUT2D eigenvalue weighted by Crippen LogP contribution is -2.48. The quantitative estimate of drug-likeness (QED) is 0.618. The van der Waals surface area contributed by atoms with Crippen LogP contribution in [0.25, 0.3) is 11.0 Å². The van der Waals surface area contributed by atoms with Gasteiger partial charge in [-0.3, -0.25) is 14.4 Å². The fraction of sp³-hybridized carbons (Fsp3) is 0.524. The molecule has 0 aromatic carbocycles. The number of aryl methyl sites for hydroxylation is 2. The number of piperazine rings is 1. The molecule has 8 heteroatoms. The Balaban J connectivity index is 1.43. The topological polar surface area (TPSA) is 72.1 Å². The van der Waals surface area contributed by atoms with Crippen molar-refractivity contribution in [3.8, 4) is 0 Å². The molecule has 0 N–H and O–H groups in total. The summed E-state index contributed by atoms with van der Waals surface area (Å²) in [4.78, 5) is 26.3. The molecule has 29 heavy (non-hydrogen) atoms. The summed E-state index contributed by atoms with van der Waals surface area (Å²) >= 11 is 0. The number of nitrogens with zero attached hydrogens (tertiary/aromatic N) is 7. The first-order chi connectivity index (χ1) is 13.9. The molecule has 1 aliphatic heterocycles. The van der Waals surface area contributed by atoms with Gasteiger partial charge in [0.15, 0.2) is 11.4 Å². The number of rotatable bonds is 5. The number of carbonyl (C=O) groups excluding carboxylic acids is 1. The number of ketones is 1. The van der Waals surface area contributed by atoms with Gasteiger partial charge in [-0.05, 0) is 33.8 Å². The van der Waals surface area contributed by atoms with Gasteiger partial charge in [0.2, 0.25) is 0 Å². The maximum absolute atomic E-state index is 13.0. The highest BCUT2D eigenvalue weighted by Gasteiger charge is 2.24. The zero-order chi connectivity index (χ0) is 20.7. The Bertz CT molecular complexity index is 1040. The predicted molar refractivity (Wildman–Crippen MR) is 114 cm³/mol. The zero-order valence-electron chi connectivity index (χ0n) is 17.9. The first-order valence-corrected chi connectivity index (χ1v) is 10.2. The monoisotopic (exact) mass is 395 g/mol. The lowest BCUT2D eigenvalue weighted by atomic mass is 10.1. The highest BCUT2D eigenvalue weighted by molar-refractivity contribution is 5.99. The Morgan fingerprint density at radius 1 is 1.14 bits per heavy atom. The van der Waals surface area contributed by atoms with Gasteiger partial charge in [0, 0.05) is 56.2 Å². The number of Topliss-reactive ketones (excluding diaryl/α,β-unsaturated/α-hetero) is 1. The molecule has 0 amide bonds. The number of aromatic nitrogens is 5. The van der Waals surface area contributed by atoms with E-state index in [0.717, 1.165) is 60.0 Å². The Morgan fingerprint density at radius 3 is 2.52 bits per heavy atom. The van der Waals surface area contributed by atoms with Gasteiger partial charge in [0.05, 0.1) is 18.1 Å². The van der Waals surface area contributed by atoms with Gasteiger partial charge in [0.25, 0.3) is 0 Å². The van der Waals surface area contributed by atoms with Crippen molar-refractivity contribution in [3.05, 3.63) is 35.5 Å². The fourth-order valence-electron chi connectivity index (χ4n) is 4.46. The first-order valence-electron chi connectivity index (χ1n) is 10.2. The van der Waals surface area contributed by atoms with E-state index in [4.69, 9.17) is 0 Å². The van der Waals surface area contributed by atoms with Crippen molar-refractivity contribution in [2.24, 2.45) is 7.05 Å². The molecule has 0 saturated carbocycles. The summed E-state index contributed by atoms with van der Waals surface area (Å²) in [6.45, 7) is 12.2. The molecule has 1 aliphatic rings. The van der Waals surface area contributed by atoms with Crippen molar-refractivity contribution in [1.82, 2.24) is 29.2 Å². The molecular formula is C21H29N7O. The van der Waals surface area contributed by atoms with Gasteiger partial charge in [-0.15, -0.1) is 0 Å². The van der Waals surface area contributed by atoms with E-state index in [1.54, 1.807) is 11.0 Å². The predicted octanol–water partition coefficient (Wildman–Crippen LogP) is 2.37. The lowest BCUT2D eigenvalue weighted by Gasteiger charge is -2.35. The summed E-state index contributed by atoms with van der Waals surface area (Å²) in [7, 11) is 1.89. The van der Waals surface area contributed by atoms with E-state index in [2.05, 4.69) is 50.2 Å². The summed E-state index contributed by atoms with van der Waals surface area (Å²) in [6, 6.07) is 2.39. The van der Waals surface area contributed by atoms with E-state index in [9.17, 15) is 4.79 Å². The van der Waals surface area contributed by atoms with E-state index >= 15 is 0 Å². The van der Waals surface area contributed by atoms with Crippen LogP contribution in [0.15, 0.2) is 18.6 Å². The third-order valence-electron chi connectivity index (χ3n) is 5.85. The van der Waals surface area contributed by atoms with Crippen molar-refractivity contribution in [3.63, 3.8) is 0 Å². The van der Waals surface area contributed by atoms with Crippen molar-refractivity contribution >= 4 is 22.6 Å². The number of anilines is 1. The highest BCUT2D eigenvalue weighted by Crippen LogP contribution is 2.24. The maximum Gasteiger partial charge on any atom is 0.178 e. The second-order valence-electron chi connectivity index (χ2n) is 8.14. The standard InChI is InChI=1S/C21H29N7O/c1-14(2)28-15(3)10-17(16(28)4)19(29)12-26-6-8-27(9-7-26)21-18-11-24-25(5)20(18)22-13-23-21/h10-11,13-14H,6-9,12H2,1-5H3. The maximum atomic E-state index is 13.0. The molecule has 0 unspecified atom stereocenters. The van der Waals surface area contributed by atoms with Crippen LogP contribution in [0.3, 0.4) is 0 Å². The van der Waals surface area contributed by atoms with Crippen LogP contribution in [0, 0.1) is 13.8 Å². The second-order valence-corrected chi connectivity index (χ2v) is 8.14. The Kier molecular flexibility index (Phi) is 5.12. The van der Waals surface area contributed by atoms with Gasteiger partial charge in [0.1, 0.15) is 12.1 Å². The summed E-state index contributed by atoms with van der Waals surface area (Å²) in [5.74, 6) is 1.13. The van der Waals surface area contributed by atoms with Gasteiger partial charge >= 0.3 is 0 Å². The molecule has 0 atom stereocenters. The first kappa shape index (κ1) is 19.6. The number of carbonyl (C=O) groups is 1. The molecule has 4 heterocycles. The molecular weight excluding hydrogens is 366 g/mol. The molecule has 3 aromatic heterocycles. The van der Waals surface area contributed by atoms with Crippen molar-refractivity contribution in [2.45, 2.75) is 33.7 Å². The number of fused-ring (bicyclic) bond motifs is 1. The molecule has 0 aliphatic carbocycles. The normalized spacial score (nSPS) is 15.6. The van der Waals surface area contributed by atoms with Crippen LogP contribution in [-0.4, -0.2) is 67.7 Å². The largest absolute Gasteiger partial charge is 0.353 e. The van der Waals surface area contributed by atoms with Crippen LogP contribution < -0.4 is 4.90 Å². The smallest absolute Gasteiger partial charge is 0.178 e. The van der Waals surface area contributed by atoms with Crippen molar-refractivity contribution < 1.29 is 4.79 Å². The summed E-state index contributed by atoms with van der Waals surface area (Å²) < 4.78 is 4.00. The third-order valence-corrected chi connectivity index (χ3v) is 5.85. The second kappa shape index (κ2) is 7.59. The van der Waals surface area contributed by atoms with Gasteiger partial charge < -0.3 is 9.47 Å². The Labute approximate surface area is 171 Å². The minimum absolute atomic E-state index is 0.204. The lowest BCUT2D eigenvalue weighted by molar-refractivity contribution is 0.0925. The summed E-state index contributed by atoms with van der Waals surface area (Å²) in [5, 5.41) is 5.27. The molecule has 1 saturated heterocycles. The van der Waals surface area contributed by atoms with Crippen LogP contribution in [0.2, 0.25) is 0 Å². The minimum Gasteiger partial charge on any atom is -0.353 e. The van der Waals surface area contributed by atoms with Gasteiger partial charge in [-0.1, -0.05) is 0 Å². The van der Waals surface area contributed by atoms with Crippen molar-refractivity contribution in [1.29, 1.82) is 0 Å². The molecule has 8 nitrogen and oxygen atoms in total. The molecule has 154 valence electrons. The SMILES string of the molecule is Cc1cc(C(=O)CN2CCN(c3ncnc4c3cnn4C)CC2)c(C)n1C(C)C. The molecule has 0 radical (unpaired) electrons. The Hall–Kier alpha value is -2.74. The number of hydrogen-bond acceptors (Lipinski definition) is 6. The molecule has 3 aromatic rings. The van der Waals surface area contributed by atoms with Crippen LogP contribution in [0.5, 0.6) is 0 Å². The van der Waals surface area contributed by atoms with Gasteiger partial charge in [-0.25, -0.2) is 9.97 Å². The van der Waals surface area contributed by atoms with E-state index in [-0.39, 0.29) is 5.78 Å². The summed E-state index contributed by atoms with van der Waals surface area (Å²) in [6.07, 6.45) is 3.42. The van der Waals surface area contributed by atoms with Crippen LogP contribution in [-0.2, 0) is 7.05 Å². The molecule has 1 fully saturated rings. The van der Waals surface area contributed by atoms with E-state index in [0.29, 0.717) is 12.6 Å². The van der Waals surface area contributed by atoms with Crippen LogP contribution in [0.1, 0.15) is 41.6 Å². The van der Waals surface area contributed by atoms with E-state index in [1.165, 1.54) is 0 Å². The van der Waals surface area contributed by atoms with E-state index < -0.39 is 0 Å². The third kappa shape index (κ3) is 3.53. The number of hydrogen-bond donors (Lipinski definition) is 0. The fourth-order valence-corrected chi connectivity index (χ4v) is 4.46. The molecule has 4 rings (SSSR count). The van der Waals surface area contributed by atoms with Crippen molar-refractivity contribution in [2.75, 3.05) is 37.6 Å². The van der Waals surface area contributed by atoms with Gasteiger partial charge in [-0.2, -0.15) is 5.10 Å². The minimum atomic E-state index is 0.204.